The van der Waals surface area contributed by atoms with Gasteiger partial charge in [-0.3, -0.25) is 0 Å². The number of aromatic nitrogens is 1. The van der Waals surface area contributed by atoms with Crippen LogP contribution < -0.4 is 4.74 Å². The standard InChI is InChI=1S/C10H12F3NO/c1-3-7-5-6-8(15-4-2)14-9(7)10(11,12)13/h5-6H,3-4H2,1-2H3. The highest BCUT2D eigenvalue weighted by molar-refractivity contribution is 5.27. The highest BCUT2D eigenvalue weighted by Crippen LogP contribution is 2.31. The van der Waals surface area contributed by atoms with Crippen molar-refractivity contribution in [1.82, 2.24) is 4.98 Å². The Morgan fingerprint density at radius 1 is 1.27 bits per heavy atom. The van der Waals surface area contributed by atoms with Gasteiger partial charge in [0.25, 0.3) is 0 Å². The summed E-state index contributed by atoms with van der Waals surface area (Å²) in [5.74, 6) is 0.0158. The molecular weight excluding hydrogens is 207 g/mol. The quantitative estimate of drug-likeness (QED) is 0.779. The normalized spacial score (nSPS) is 11.5. The Hall–Kier alpha value is -1.26. The van der Waals surface area contributed by atoms with Crippen molar-refractivity contribution in [2.24, 2.45) is 0 Å². The molecule has 0 aliphatic heterocycles. The van der Waals surface area contributed by atoms with E-state index >= 15 is 0 Å². The molecule has 0 saturated heterocycles. The van der Waals surface area contributed by atoms with E-state index in [1.807, 2.05) is 0 Å². The van der Waals surface area contributed by atoms with Crippen LogP contribution in [0.5, 0.6) is 5.88 Å². The fraction of sp³-hybridized carbons (Fsp3) is 0.500. The summed E-state index contributed by atoms with van der Waals surface area (Å²) in [6, 6.07) is 2.86. The molecule has 2 nitrogen and oxygen atoms in total. The number of ether oxygens (including phenoxy) is 1. The van der Waals surface area contributed by atoms with E-state index in [4.69, 9.17) is 4.74 Å². The van der Waals surface area contributed by atoms with Gasteiger partial charge in [0, 0.05) is 6.07 Å². The molecule has 1 heterocycles. The molecule has 84 valence electrons. The first kappa shape index (κ1) is 11.8. The van der Waals surface area contributed by atoms with E-state index in [1.54, 1.807) is 13.8 Å². The average molecular weight is 219 g/mol. The van der Waals surface area contributed by atoms with Crippen LogP contribution in [0.15, 0.2) is 12.1 Å². The van der Waals surface area contributed by atoms with Gasteiger partial charge in [0.15, 0.2) is 5.69 Å². The van der Waals surface area contributed by atoms with Gasteiger partial charge in [0.2, 0.25) is 5.88 Å². The van der Waals surface area contributed by atoms with Crippen LogP contribution >= 0.6 is 0 Å². The monoisotopic (exact) mass is 219 g/mol. The van der Waals surface area contributed by atoms with Gasteiger partial charge in [0.1, 0.15) is 0 Å². The largest absolute Gasteiger partial charge is 0.478 e. The molecule has 0 bridgehead atoms. The number of hydrogen-bond donors (Lipinski definition) is 0. The van der Waals surface area contributed by atoms with Gasteiger partial charge in [-0.15, -0.1) is 0 Å². The molecule has 0 saturated carbocycles. The van der Waals surface area contributed by atoms with Gasteiger partial charge in [-0.25, -0.2) is 4.98 Å². The molecule has 0 atom stereocenters. The van der Waals surface area contributed by atoms with E-state index in [0.717, 1.165) is 0 Å². The summed E-state index contributed by atoms with van der Waals surface area (Å²) in [6.07, 6.45) is -4.12. The fourth-order valence-corrected chi connectivity index (χ4v) is 1.23. The number of halogens is 3. The van der Waals surface area contributed by atoms with Crippen LogP contribution in [0.4, 0.5) is 13.2 Å². The third-order valence-electron chi connectivity index (χ3n) is 1.89. The molecule has 5 heteroatoms. The Bertz CT molecular complexity index is 336. The van der Waals surface area contributed by atoms with Crippen LogP contribution in [-0.4, -0.2) is 11.6 Å². The minimum absolute atomic E-state index is 0.0158. The highest BCUT2D eigenvalue weighted by atomic mass is 19.4. The van der Waals surface area contributed by atoms with E-state index < -0.39 is 11.9 Å². The van der Waals surface area contributed by atoms with E-state index in [-0.39, 0.29) is 11.4 Å². The zero-order valence-electron chi connectivity index (χ0n) is 8.56. The van der Waals surface area contributed by atoms with Crippen molar-refractivity contribution >= 4 is 0 Å². The van der Waals surface area contributed by atoms with Crippen LogP contribution in [0.1, 0.15) is 25.1 Å². The van der Waals surface area contributed by atoms with Crippen molar-refractivity contribution in [3.05, 3.63) is 23.4 Å². The summed E-state index contributed by atoms with van der Waals surface area (Å²) in [5, 5.41) is 0. The predicted molar refractivity (Wildman–Crippen MR) is 49.8 cm³/mol. The van der Waals surface area contributed by atoms with Gasteiger partial charge < -0.3 is 4.74 Å². The maximum atomic E-state index is 12.5. The lowest BCUT2D eigenvalue weighted by Gasteiger charge is -2.12. The summed E-state index contributed by atoms with van der Waals surface area (Å²) in [5.41, 5.74) is -0.665. The van der Waals surface area contributed by atoms with Crippen LogP contribution in [0, 0.1) is 0 Å². The number of aryl methyl sites for hydroxylation is 1. The Kier molecular flexibility index (Phi) is 3.55. The minimum atomic E-state index is -4.42. The molecule has 0 unspecified atom stereocenters. The maximum absolute atomic E-state index is 12.5. The first-order chi connectivity index (χ1) is 6.99. The molecule has 0 fully saturated rings. The number of hydrogen-bond acceptors (Lipinski definition) is 2. The van der Waals surface area contributed by atoms with Gasteiger partial charge >= 0.3 is 6.18 Å². The number of pyridine rings is 1. The first-order valence-corrected chi connectivity index (χ1v) is 4.69. The number of rotatable bonds is 3. The van der Waals surface area contributed by atoms with Crippen molar-refractivity contribution in [3.8, 4) is 5.88 Å². The molecule has 0 aliphatic carbocycles. The number of alkyl halides is 3. The SMILES string of the molecule is CCOc1ccc(CC)c(C(F)(F)F)n1. The van der Waals surface area contributed by atoms with E-state index in [0.29, 0.717) is 13.0 Å². The lowest BCUT2D eigenvalue weighted by atomic mass is 10.1. The molecule has 1 aromatic heterocycles. The summed E-state index contributed by atoms with van der Waals surface area (Å²) in [7, 11) is 0. The van der Waals surface area contributed by atoms with Crippen LogP contribution in [-0.2, 0) is 12.6 Å². The van der Waals surface area contributed by atoms with Crippen LogP contribution in [0.3, 0.4) is 0 Å². The Balaban J connectivity index is 3.13. The third kappa shape index (κ3) is 2.84. The molecule has 0 radical (unpaired) electrons. The average Bonchev–Trinajstić information content (AvgIpc) is 2.17. The molecule has 0 aliphatic rings. The second kappa shape index (κ2) is 4.51. The minimum Gasteiger partial charge on any atom is -0.478 e. The van der Waals surface area contributed by atoms with Crippen LogP contribution in [0.2, 0.25) is 0 Å². The summed E-state index contributed by atoms with van der Waals surface area (Å²) in [4.78, 5) is 3.46. The van der Waals surface area contributed by atoms with Crippen molar-refractivity contribution in [2.75, 3.05) is 6.61 Å². The predicted octanol–water partition coefficient (Wildman–Crippen LogP) is 3.06. The Morgan fingerprint density at radius 2 is 1.93 bits per heavy atom. The summed E-state index contributed by atoms with van der Waals surface area (Å²) < 4.78 is 42.5. The van der Waals surface area contributed by atoms with Crippen molar-refractivity contribution in [2.45, 2.75) is 26.4 Å². The molecule has 1 rings (SSSR count). The molecular formula is C10H12F3NO. The Labute approximate surface area is 86.1 Å². The van der Waals surface area contributed by atoms with E-state index in [9.17, 15) is 13.2 Å². The number of nitrogens with zero attached hydrogens (tertiary/aromatic N) is 1. The lowest BCUT2D eigenvalue weighted by Crippen LogP contribution is -2.12. The molecule has 0 amide bonds. The van der Waals surface area contributed by atoms with Crippen LogP contribution in [0.25, 0.3) is 0 Å². The van der Waals surface area contributed by atoms with Gasteiger partial charge in [-0.05, 0) is 18.9 Å². The first-order valence-electron chi connectivity index (χ1n) is 4.69. The smallest absolute Gasteiger partial charge is 0.433 e. The molecule has 0 N–H and O–H groups in total. The van der Waals surface area contributed by atoms with Crippen molar-refractivity contribution in [1.29, 1.82) is 0 Å². The van der Waals surface area contributed by atoms with E-state index in [1.165, 1.54) is 12.1 Å². The zero-order chi connectivity index (χ0) is 11.5. The van der Waals surface area contributed by atoms with E-state index in [2.05, 4.69) is 4.98 Å². The second-order valence-corrected chi connectivity index (χ2v) is 2.94. The summed E-state index contributed by atoms with van der Waals surface area (Å²) in [6.45, 7) is 3.66. The highest BCUT2D eigenvalue weighted by Gasteiger charge is 2.35. The third-order valence-corrected chi connectivity index (χ3v) is 1.89. The Morgan fingerprint density at radius 3 is 2.40 bits per heavy atom. The van der Waals surface area contributed by atoms with Gasteiger partial charge in [-0.2, -0.15) is 13.2 Å². The van der Waals surface area contributed by atoms with Crippen molar-refractivity contribution < 1.29 is 17.9 Å². The second-order valence-electron chi connectivity index (χ2n) is 2.94. The fourth-order valence-electron chi connectivity index (χ4n) is 1.23. The summed E-state index contributed by atoms with van der Waals surface area (Å²) >= 11 is 0. The van der Waals surface area contributed by atoms with Gasteiger partial charge in [-0.1, -0.05) is 13.0 Å². The van der Waals surface area contributed by atoms with Gasteiger partial charge in [0.05, 0.1) is 6.61 Å². The lowest BCUT2D eigenvalue weighted by molar-refractivity contribution is -0.142. The zero-order valence-corrected chi connectivity index (χ0v) is 8.56. The molecule has 0 spiro atoms. The topological polar surface area (TPSA) is 22.1 Å². The maximum Gasteiger partial charge on any atom is 0.433 e. The molecule has 0 aromatic carbocycles. The molecule has 1 aromatic rings. The van der Waals surface area contributed by atoms with Crippen molar-refractivity contribution in [3.63, 3.8) is 0 Å². The molecule has 15 heavy (non-hydrogen) atoms.